The summed E-state index contributed by atoms with van der Waals surface area (Å²) in [5.41, 5.74) is 6.86. The molecule has 7 aromatic rings. The van der Waals surface area contributed by atoms with Crippen LogP contribution in [0, 0.1) is 22.7 Å². The van der Waals surface area contributed by atoms with Gasteiger partial charge in [0.2, 0.25) is 0 Å². The summed E-state index contributed by atoms with van der Waals surface area (Å²) in [4.78, 5) is 0. The van der Waals surface area contributed by atoms with Gasteiger partial charge in [-0.25, -0.2) is 0 Å². The molecule has 1 aliphatic rings. The molecule has 8 rings (SSSR count). The SMILES string of the molecule is N#Cc1cccc(C#N)c1C1C(n2c3ccccc3c3ccccc32)CCCC1n1c2ccccc2c2ccccc21. The lowest BCUT2D eigenvalue weighted by molar-refractivity contribution is 0.236. The second-order valence-electron chi connectivity index (χ2n) is 11.4. The average Bonchev–Trinajstić information content (AvgIpc) is 3.57. The van der Waals surface area contributed by atoms with Crippen LogP contribution in [-0.4, -0.2) is 9.13 Å². The third kappa shape index (κ3) is 3.46. The number of nitrogens with zero attached hydrogens (tertiary/aromatic N) is 4. The lowest BCUT2D eigenvalue weighted by atomic mass is 9.73. The standard InChI is InChI=1S/C38H28N4/c39-23-25-11-9-12-26(24-40)37(25)38-35(41-31-17-5-1-13-27(31)28-14-2-6-18-32(28)41)21-10-22-36(38)42-33-19-7-3-15-29(33)30-16-4-8-20-34(30)42/h1-9,11-20,35-36,38H,10,21-22H2. The van der Waals surface area contributed by atoms with Crippen LogP contribution in [0.15, 0.2) is 115 Å². The molecule has 1 aliphatic carbocycles. The topological polar surface area (TPSA) is 57.4 Å². The van der Waals surface area contributed by atoms with E-state index in [1.54, 1.807) is 0 Å². The molecule has 42 heavy (non-hydrogen) atoms. The van der Waals surface area contributed by atoms with Gasteiger partial charge in [0.25, 0.3) is 0 Å². The maximum Gasteiger partial charge on any atom is 0.0995 e. The first-order valence-corrected chi connectivity index (χ1v) is 14.7. The molecule has 5 aromatic carbocycles. The zero-order chi connectivity index (χ0) is 28.2. The van der Waals surface area contributed by atoms with Gasteiger partial charge in [-0.3, -0.25) is 0 Å². The van der Waals surface area contributed by atoms with Crippen molar-refractivity contribution in [1.29, 1.82) is 10.5 Å². The fourth-order valence-electron chi connectivity index (χ4n) is 7.86. The van der Waals surface area contributed by atoms with Crippen molar-refractivity contribution in [2.24, 2.45) is 0 Å². The van der Waals surface area contributed by atoms with Crippen molar-refractivity contribution in [2.75, 3.05) is 0 Å². The van der Waals surface area contributed by atoms with Gasteiger partial charge in [0.05, 0.1) is 23.3 Å². The number of hydrogen-bond donors (Lipinski definition) is 0. The molecule has 0 saturated heterocycles. The number of aromatic nitrogens is 2. The van der Waals surface area contributed by atoms with Crippen LogP contribution in [0.25, 0.3) is 43.6 Å². The summed E-state index contributed by atoms with van der Waals surface area (Å²) >= 11 is 0. The maximum atomic E-state index is 10.4. The molecule has 4 nitrogen and oxygen atoms in total. The zero-order valence-electron chi connectivity index (χ0n) is 23.1. The Kier molecular flexibility index (Phi) is 5.62. The van der Waals surface area contributed by atoms with Crippen LogP contribution in [0.1, 0.15) is 54.0 Å². The molecule has 0 aliphatic heterocycles. The Balaban J connectivity index is 1.48. The van der Waals surface area contributed by atoms with Gasteiger partial charge in [-0.2, -0.15) is 10.5 Å². The summed E-state index contributed by atoms with van der Waals surface area (Å²) in [6, 6.07) is 45.3. The Morgan fingerprint density at radius 1 is 0.476 bits per heavy atom. The highest BCUT2D eigenvalue weighted by Gasteiger charge is 2.41. The fraction of sp³-hybridized carbons (Fsp3) is 0.158. The highest BCUT2D eigenvalue weighted by Crippen LogP contribution is 2.53. The van der Waals surface area contributed by atoms with Gasteiger partial charge in [0, 0.05) is 61.6 Å². The number of rotatable bonds is 3. The van der Waals surface area contributed by atoms with E-state index in [0.717, 1.165) is 24.8 Å². The smallest absolute Gasteiger partial charge is 0.0995 e. The number of fused-ring (bicyclic) bond motifs is 6. The van der Waals surface area contributed by atoms with Crippen LogP contribution in [0.5, 0.6) is 0 Å². The van der Waals surface area contributed by atoms with Gasteiger partial charge in [-0.15, -0.1) is 0 Å². The van der Waals surface area contributed by atoms with E-state index in [-0.39, 0.29) is 18.0 Å². The van der Waals surface area contributed by atoms with Crippen molar-refractivity contribution in [3.05, 3.63) is 132 Å². The van der Waals surface area contributed by atoms with Crippen molar-refractivity contribution in [3.63, 3.8) is 0 Å². The highest BCUT2D eigenvalue weighted by atomic mass is 15.1. The first-order chi connectivity index (χ1) is 20.8. The monoisotopic (exact) mass is 540 g/mol. The Bertz CT molecular complexity index is 1980. The molecule has 0 spiro atoms. The molecular formula is C38H28N4. The van der Waals surface area contributed by atoms with E-state index < -0.39 is 0 Å². The second-order valence-corrected chi connectivity index (χ2v) is 11.4. The molecule has 1 saturated carbocycles. The summed E-state index contributed by atoms with van der Waals surface area (Å²) in [5, 5.41) is 25.8. The highest BCUT2D eigenvalue weighted by molar-refractivity contribution is 6.09. The first-order valence-electron chi connectivity index (χ1n) is 14.7. The average molecular weight is 541 g/mol. The molecule has 2 unspecified atom stereocenters. The van der Waals surface area contributed by atoms with Gasteiger partial charge in [-0.1, -0.05) is 78.9 Å². The molecule has 0 radical (unpaired) electrons. The zero-order valence-corrected chi connectivity index (χ0v) is 23.1. The van der Waals surface area contributed by atoms with Crippen molar-refractivity contribution >= 4 is 43.6 Å². The molecule has 0 amide bonds. The van der Waals surface area contributed by atoms with Crippen LogP contribution in [0.4, 0.5) is 0 Å². The van der Waals surface area contributed by atoms with Gasteiger partial charge in [-0.05, 0) is 61.2 Å². The Labute approximate surface area is 244 Å². The molecule has 2 atom stereocenters. The molecule has 4 heteroatoms. The van der Waals surface area contributed by atoms with E-state index in [4.69, 9.17) is 0 Å². The molecule has 200 valence electrons. The Morgan fingerprint density at radius 2 is 0.833 bits per heavy atom. The first kappa shape index (κ1) is 24.5. The quantitative estimate of drug-likeness (QED) is 0.224. The van der Waals surface area contributed by atoms with E-state index in [1.807, 2.05) is 18.2 Å². The molecule has 2 aromatic heterocycles. The van der Waals surface area contributed by atoms with Gasteiger partial charge in [0.15, 0.2) is 0 Å². The second kappa shape index (κ2) is 9.65. The van der Waals surface area contributed by atoms with E-state index in [2.05, 4.69) is 118 Å². The lowest BCUT2D eigenvalue weighted by Gasteiger charge is -2.42. The number of hydrogen-bond acceptors (Lipinski definition) is 2. The Hall–Kier alpha value is -5.32. The minimum Gasteiger partial charge on any atom is -0.337 e. The Morgan fingerprint density at radius 3 is 1.19 bits per heavy atom. The summed E-state index contributed by atoms with van der Waals surface area (Å²) < 4.78 is 5.04. The summed E-state index contributed by atoms with van der Waals surface area (Å²) in [7, 11) is 0. The third-order valence-electron chi connectivity index (χ3n) is 9.41. The van der Waals surface area contributed by atoms with Gasteiger partial charge >= 0.3 is 0 Å². The van der Waals surface area contributed by atoms with E-state index >= 15 is 0 Å². The summed E-state index contributed by atoms with van der Waals surface area (Å²) in [6.45, 7) is 0. The molecule has 2 heterocycles. The largest absolute Gasteiger partial charge is 0.337 e. The van der Waals surface area contributed by atoms with E-state index in [0.29, 0.717) is 11.1 Å². The van der Waals surface area contributed by atoms with Gasteiger partial charge < -0.3 is 9.13 Å². The van der Waals surface area contributed by atoms with Gasteiger partial charge in [0.1, 0.15) is 0 Å². The molecule has 1 fully saturated rings. The predicted molar refractivity (Wildman–Crippen MR) is 169 cm³/mol. The number of benzene rings is 5. The van der Waals surface area contributed by atoms with Crippen molar-refractivity contribution < 1.29 is 0 Å². The van der Waals surface area contributed by atoms with E-state index in [9.17, 15) is 10.5 Å². The van der Waals surface area contributed by atoms with Crippen LogP contribution in [0.3, 0.4) is 0 Å². The van der Waals surface area contributed by atoms with Crippen LogP contribution in [0.2, 0.25) is 0 Å². The molecular weight excluding hydrogens is 512 g/mol. The summed E-state index contributed by atoms with van der Waals surface area (Å²) in [5.74, 6) is -0.0947. The lowest BCUT2D eigenvalue weighted by Crippen LogP contribution is -2.32. The number of para-hydroxylation sites is 4. The molecule has 0 bridgehead atoms. The number of nitriles is 2. The van der Waals surface area contributed by atoms with Crippen molar-refractivity contribution in [3.8, 4) is 12.1 Å². The van der Waals surface area contributed by atoms with Crippen LogP contribution in [-0.2, 0) is 0 Å². The predicted octanol–water partition coefficient (Wildman–Crippen LogP) is 9.40. The van der Waals surface area contributed by atoms with Crippen molar-refractivity contribution in [2.45, 2.75) is 37.3 Å². The van der Waals surface area contributed by atoms with Crippen molar-refractivity contribution in [1.82, 2.24) is 9.13 Å². The normalized spacial score (nSPS) is 18.9. The van der Waals surface area contributed by atoms with E-state index in [1.165, 1.54) is 43.6 Å². The fourth-order valence-corrected chi connectivity index (χ4v) is 7.86. The maximum absolute atomic E-state index is 10.4. The summed E-state index contributed by atoms with van der Waals surface area (Å²) in [6.07, 6.45) is 2.97. The molecule has 0 N–H and O–H groups in total. The minimum absolute atomic E-state index is 0.0510. The third-order valence-corrected chi connectivity index (χ3v) is 9.41. The van der Waals surface area contributed by atoms with Crippen LogP contribution < -0.4 is 0 Å². The van der Waals surface area contributed by atoms with Crippen LogP contribution >= 0.6 is 0 Å². The minimum atomic E-state index is -0.0947.